The van der Waals surface area contributed by atoms with E-state index in [1.807, 2.05) is 19.9 Å². The van der Waals surface area contributed by atoms with Crippen molar-refractivity contribution in [2.75, 3.05) is 32.7 Å². The minimum atomic E-state index is -3.55. The Balaban J connectivity index is 2.19. The third kappa shape index (κ3) is 6.55. The first-order valence-corrected chi connectivity index (χ1v) is 13.7. The van der Waals surface area contributed by atoms with Gasteiger partial charge in [-0.15, -0.1) is 0 Å². The zero-order chi connectivity index (χ0) is 24.6. The molecule has 1 atom stereocenters. The fraction of sp³-hybridized carbons (Fsp3) is 0.667. The molecule has 0 radical (unpaired) electrons. The highest BCUT2D eigenvalue weighted by Crippen LogP contribution is 2.24. The Morgan fingerprint density at radius 3 is 2.33 bits per heavy atom. The molecular weight excluding hydrogens is 438 g/mol. The van der Waals surface area contributed by atoms with E-state index >= 15 is 0 Å². The van der Waals surface area contributed by atoms with E-state index in [1.54, 1.807) is 12.1 Å². The van der Waals surface area contributed by atoms with Crippen LogP contribution < -0.4 is 5.32 Å². The summed E-state index contributed by atoms with van der Waals surface area (Å²) in [7, 11) is -3.55. The predicted molar refractivity (Wildman–Crippen MR) is 134 cm³/mol. The van der Waals surface area contributed by atoms with Gasteiger partial charge in [0.2, 0.25) is 15.9 Å². The number of nitrogens with one attached hydrogen (secondary N) is 1. The molecule has 1 amide bonds. The molecule has 33 heavy (non-hydrogen) atoms. The van der Waals surface area contributed by atoms with Crippen LogP contribution in [-0.2, 0) is 27.8 Å². The number of amides is 1. The van der Waals surface area contributed by atoms with Crippen molar-refractivity contribution in [2.45, 2.75) is 78.3 Å². The standard InChI is InChI=1S/C24H41N5O3S/c1-7-16-29-22-13-12-20(33(31,32)28(10-4)11-5)17-21(22)26-23(29)14-15-24(30)25-18-19(6)27(8-2)9-3/h12-13,17,19H,7-11,14-16,18H2,1-6H3,(H,25,30). The Kier molecular flexibility index (Phi) is 10.3. The molecule has 186 valence electrons. The van der Waals surface area contributed by atoms with Crippen LogP contribution in [0.25, 0.3) is 11.0 Å². The maximum absolute atomic E-state index is 12.9. The minimum Gasteiger partial charge on any atom is -0.355 e. The summed E-state index contributed by atoms with van der Waals surface area (Å²) in [6.07, 6.45) is 1.78. The smallest absolute Gasteiger partial charge is 0.243 e. The second-order valence-corrected chi connectivity index (χ2v) is 10.2. The summed E-state index contributed by atoms with van der Waals surface area (Å²) in [5, 5.41) is 3.04. The molecule has 1 heterocycles. The number of carbonyl (C=O) groups excluding carboxylic acids is 1. The minimum absolute atomic E-state index is 0.00825. The van der Waals surface area contributed by atoms with Gasteiger partial charge >= 0.3 is 0 Å². The summed E-state index contributed by atoms with van der Waals surface area (Å²) < 4.78 is 29.4. The monoisotopic (exact) mass is 479 g/mol. The molecule has 2 rings (SSSR count). The largest absolute Gasteiger partial charge is 0.355 e. The van der Waals surface area contributed by atoms with Gasteiger partial charge in [-0.05, 0) is 44.6 Å². The Bertz CT molecular complexity index is 1010. The van der Waals surface area contributed by atoms with Crippen molar-refractivity contribution in [1.82, 2.24) is 24.1 Å². The lowest BCUT2D eigenvalue weighted by Crippen LogP contribution is -2.42. The summed E-state index contributed by atoms with van der Waals surface area (Å²) in [5.74, 6) is 0.824. The topological polar surface area (TPSA) is 87.5 Å². The van der Waals surface area contributed by atoms with Crippen LogP contribution in [-0.4, -0.2) is 71.8 Å². The molecule has 2 aromatic rings. The molecule has 1 aromatic heterocycles. The fourth-order valence-corrected chi connectivity index (χ4v) is 5.73. The van der Waals surface area contributed by atoms with Crippen LogP contribution in [0.2, 0.25) is 0 Å². The Hall–Kier alpha value is -1.97. The fourth-order valence-electron chi connectivity index (χ4n) is 4.25. The van der Waals surface area contributed by atoms with Crippen LogP contribution in [0.3, 0.4) is 0 Å². The summed E-state index contributed by atoms with van der Waals surface area (Å²) in [6, 6.07) is 5.45. The van der Waals surface area contributed by atoms with Gasteiger partial charge in [-0.25, -0.2) is 13.4 Å². The first kappa shape index (κ1) is 27.3. The normalized spacial score (nSPS) is 13.2. The average Bonchev–Trinajstić information content (AvgIpc) is 3.14. The SMILES string of the molecule is CCCn1c(CCC(=O)NCC(C)N(CC)CC)nc2cc(S(=O)(=O)N(CC)CC)ccc21. The molecule has 0 aliphatic rings. The highest BCUT2D eigenvalue weighted by atomic mass is 32.2. The highest BCUT2D eigenvalue weighted by molar-refractivity contribution is 7.89. The van der Waals surface area contributed by atoms with Gasteiger partial charge < -0.3 is 9.88 Å². The number of rotatable bonds is 14. The second kappa shape index (κ2) is 12.5. The quantitative estimate of drug-likeness (QED) is 0.449. The number of nitrogens with zero attached hydrogens (tertiary/aromatic N) is 4. The summed E-state index contributed by atoms with van der Waals surface area (Å²) in [4.78, 5) is 19.8. The number of aryl methyl sites for hydroxylation is 2. The number of hydrogen-bond donors (Lipinski definition) is 1. The molecule has 0 bridgehead atoms. The van der Waals surface area contributed by atoms with E-state index in [1.165, 1.54) is 4.31 Å². The maximum atomic E-state index is 12.9. The Morgan fingerprint density at radius 2 is 1.76 bits per heavy atom. The molecule has 0 saturated heterocycles. The zero-order valence-electron chi connectivity index (χ0n) is 21.1. The number of aromatic nitrogens is 2. The van der Waals surface area contributed by atoms with E-state index in [-0.39, 0.29) is 10.8 Å². The van der Waals surface area contributed by atoms with Gasteiger partial charge in [0, 0.05) is 45.1 Å². The summed E-state index contributed by atoms with van der Waals surface area (Å²) >= 11 is 0. The molecule has 0 fully saturated rings. The van der Waals surface area contributed by atoms with Crippen LogP contribution in [0.5, 0.6) is 0 Å². The van der Waals surface area contributed by atoms with Crippen LogP contribution in [0.1, 0.15) is 60.2 Å². The molecule has 1 N–H and O–H groups in total. The van der Waals surface area contributed by atoms with Crippen LogP contribution in [0.15, 0.2) is 23.1 Å². The number of benzene rings is 1. The Morgan fingerprint density at radius 1 is 1.09 bits per heavy atom. The molecule has 0 saturated carbocycles. The first-order valence-electron chi connectivity index (χ1n) is 12.2. The van der Waals surface area contributed by atoms with Crippen molar-refractivity contribution in [3.05, 3.63) is 24.0 Å². The summed E-state index contributed by atoms with van der Waals surface area (Å²) in [5.41, 5.74) is 1.56. The third-order valence-electron chi connectivity index (χ3n) is 6.20. The van der Waals surface area contributed by atoms with Gasteiger partial charge in [0.25, 0.3) is 0 Å². The van der Waals surface area contributed by atoms with Crippen LogP contribution >= 0.6 is 0 Å². The third-order valence-corrected chi connectivity index (χ3v) is 8.24. The zero-order valence-corrected chi connectivity index (χ0v) is 21.9. The molecule has 0 spiro atoms. The molecule has 0 aliphatic heterocycles. The lowest BCUT2D eigenvalue weighted by molar-refractivity contribution is -0.121. The second-order valence-electron chi connectivity index (χ2n) is 8.29. The van der Waals surface area contributed by atoms with E-state index < -0.39 is 10.0 Å². The van der Waals surface area contributed by atoms with Crippen molar-refractivity contribution < 1.29 is 13.2 Å². The van der Waals surface area contributed by atoms with Crippen LogP contribution in [0, 0.1) is 0 Å². The van der Waals surface area contributed by atoms with Crippen molar-refractivity contribution in [3.63, 3.8) is 0 Å². The van der Waals surface area contributed by atoms with Crippen molar-refractivity contribution in [1.29, 1.82) is 0 Å². The van der Waals surface area contributed by atoms with E-state index in [0.717, 1.165) is 37.4 Å². The van der Waals surface area contributed by atoms with E-state index in [9.17, 15) is 13.2 Å². The van der Waals surface area contributed by atoms with Gasteiger partial charge in [-0.1, -0.05) is 34.6 Å². The number of fused-ring (bicyclic) bond motifs is 1. The average molecular weight is 480 g/mol. The van der Waals surface area contributed by atoms with Gasteiger partial charge in [0.1, 0.15) is 5.82 Å². The van der Waals surface area contributed by atoms with Gasteiger partial charge in [0.15, 0.2) is 0 Å². The van der Waals surface area contributed by atoms with Gasteiger partial charge in [-0.3, -0.25) is 9.69 Å². The number of carbonyl (C=O) groups is 1. The van der Waals surface area contributed by atoms with Crippen molar-refractivity contribution in [2.24, 2.45) is 0 Å². The molecular formula is C24H41N5O3S. The van der Waals surface area contributed by atoms with Gasteiger partial charge in [0.05, 0.1) is 15.9 Å². The van der Waals surface area contributed by atoms with Crippen molar-refractivity contribution in [3.8, 4) is 0 Å². The van der Waals surface area contributed by atoms with E-state index in [4.69, 9.17) is 4.98 Å². The number of hydrogen-bond acceptors (Lipinski definition) is 5. The molecule has 1 aromatic carbocycles. The first-order chi connectivity index (χ1) is 15.7. The molecule has 0 aliphatic carbocycles. The van der Waals surface area contributed by atoms with Gasteiger partial charge in [-0.2, -0.15) is 4.31 Å². The Labute approximate surface area is 199 Å². The molecule has 9 heteroatoms. The van der Waals surface area contributed by atoms with Crippen molar-refractivity contribution >= 4 is 27.0 Å². The molecule has 8 nitrogen and oxygen atoms in total. The lowest BCUT2D eigenvalue weighted by Gasteiger charge is -2.26. The number of likely N-dealkylation sites (N-methyl/N-ethyl adjacent to an activating group) is 1. The predicted octanol–water partition coefficient (Wildman–Crippen LogP) is 3.26. The number of imidazole rings is 1. The number of sulfonamides is 1. The molecule has 1 unspecified atom stereocenters. The summed E-state index contributed by atoms with van der Waals surface area (Å²) in [6.45, 7) is 16.3. The van der Waals surface area contributed by atoms with E-state index in [2.05, 4.69) is 42.5 Å². The highest BCUT2D eigenvalue weighted by Gasteiger charge is 2.23. The maximum Gasteiger partial charge on any atom is 0.243 e. The van der Waals surface area contributed by atoms with E-state index in [0.29, 0.717) is 44.0 Å². The lowest BCUT2D eigenvalue weighted by atomic mass is 10.2. The van der Waals surface area contributed by atoms with Crippen LogP contribution in [0.4, 0.5) is 0 Å².